The van der Waals surface area contributed by atoms with Gasteiger partial charge in [0.1, 0.15) is 23.0 Å². The average Bonchev–Trinajstić information content (AvgIpc) is 0.663. The highest BCUT2D eigenvalue weighted by atomic mass is 16.5. The molecule has 0 amide bonds. The van der Waals surface area contributed by atoms with Gasteiger partial charge >= 0.3 is 0 Å². The highest BCUT2D eigenvalue weighted by Gasteiger charge is 2.50. The van der Waals surface area contributed by atoms with Crippen molar-refractivity contribution in [2.24, 2.45) is 0 Å². The molecule has 0 spiro atoms. The van der Waals surface area contributed by atoms with Crippen LogP contribution in [0.4, 0.5) is 68.2 Å². The second-order valence-corrected chi connectivity index (χ2v) is 52.7. The number of benzene rings is 11. The zero-order valence-corrected chi connectivity index (χ0v) is 87.2. The maximum absolute atomic E-state index is 12.5. The van der Waals surface area contributed by atoms with Crippen molar-refractivity contribution in [3.63, 3.8) is 0 Å². The fourth-order valence-electron chi connectivity index (χ4n) is 17.9. The largest absolute Gasteiger partial charge is 0.458 e. The van der Waals surface area contributed by atoms with Crippen LogP contribution in [0.15, 0.2) is 182 Å². The summed E-state index contributed by atoms with van der Waals surface area (Å²) in [6.45, 7) is 87.2. The first-order valence-electron chi connectivity index (χ1n) is 53.6. The molecule has 0 saturated heterocycles. The molecule has 0 fully saturated rings. The molecule has 0 bridgehead atoms. The van der Waals surface area contributed by atoms with Gasteiger partial charge in [-0.25, -0.2) is 0 Å². The van der Waals surface area contributed by atoms with Gasteiger partial charge in [-0.15, -0.1) is 0 Å². The lowest BCUT2D eigenvalue weighted by molar-refractivity contribution is 0.483. The highest BCUT2D eigenvalue weighted by molar-refractivity contribution is 7.01. The van der Waals surface area contributed by atoms with Crippen LogP contribution in [-0.4, -0.2) is 13.4 Å². The van der Waals surface area contributed by atoms with Crippen LogP contribution in [0.5, 0.6) is 23.0 Å². The first kappa shape index (κ1) is 80.0. The van der Waals surface area contributed by atoms with Crippen molar-refractivity contribution in [1.29, 1.82) is 0 Å². The molecule has 130 heavy (non-hydrogen) atoms. The molecule has 4 aliphatic heterocycles. The SMILES string of the molecule is [2H]c1c([2H])c(C(C)(C)C)c([2H])c2c1B1c3c([2H])c4c(c([2H])c3N(c3cc(C(C)(C)C)cc(C(C)(C)C)c3)c3c([2H])c(N(c5cc(C(C)(C)C)cc(C(C)(C)C)c5)c5cc(C(C)(C)C)cc(C(C)(C)C)c5)c([2H])c(c31)O2)B1c2c([2H])c([2H])c(C(C)(C)C)c([2H])c2N(c2cc(C(C)(C)C)cc(C(C)(C)C)c2)c2c([2H])c(N(c3cc(C(C)(C)C)cc(C(C)(C)C)c3)c3cc(C(C)(C)C)cc(C(C)(C)C)c3)c([2H])c(c21)O4. The summed E-state index contributed by atoms with van der Waals surface area (Å²) in [5, 5.41) is 0. The van der Waals surface area contributed by atoms with Crippen LogP contribution in [0.2, 0.25) is 0 Å². The molecule has 11 aromatic carbocycles. The predicted molar refractivity (Wildman–Crippen MR) is 569 cm³/mol. The van der Waals surface area contributed by atoms with Gasteiger partial charge in [0.25, 0.3) is 13.4 Å². The second-order valence-electron chi connectivity index (χ2n) is 52.7. The van der Waals surface area contributed by atoms with Crippen molar-refractivity contribution in [3.05, 3.63) is 260 Å². The van der Waals surface area contributed by atoms with E-state index < -0.39 is 89.2 Å². The van der Waals surface area contributed by atoms with E-state index in [2.05, 4.69) is 368 Å². The molecule has 15 rings (SSSR count). The van der Waals surface area contributed by atoms with Crippen molar-refractivity contribution in [3.8, 4) is 23.0 Å². The maximum atomic E-state index is 12.5. The van der Waals surface area contributed by atoms with Gasteiger partial charge in [-0.2, -0.15) is 0 Å². The summed E-state index contributed by atoms with van der Waals surface area (Å²) in [4.78, 5) is 7.99. The number of hydrogen-bond donors (Lipinski definition) is 0. The van der Waals surface area contributed by atoms with Crippen molar-refractivity contribution >= 4 is 114 Å². The molecule has 0 aliphatic carbocycles. The summed E-state index contributed by atoms with van der Waals surface area (Å²) >= 11 is 0. The Labute approximate surface area is 804 Å². The van der Waals surface area contributed by atoms with E-state index in [0.29, 0.717) is 34.1 Å². The molecule has 0 aromatic heterocycles. The Kier molecular flexibility index (Phi) is 19.1. The minimum Gasteiger partial charge on any atom is -0.458 e. The van der Waals surface area contributed by atoms with E-state index in [0.717, 1.165) is 66.8 Å². The van der Waals surface area contributed by atoms with Crippen LogP contribution in [0, 0.1) is 0 Å². The van der Waals surface area contributed by atoms with E-state index >= 15 is 0 Å². The number of fused-ring (bicyclic) bond motifs is 8. The Hall–Kier alpha value is -9.65. The fraction of sp³-hybridized carbons (Fsp3) is 0.459. The van der Waals surface area contributed by atoms with E-state index in [1.54, 1.807) is 0 Å². The average molecular weight is 1740 g/mol. The molecular formula is C122H156B2N4O2. The van der Waals surface area contributed by atoms with Gasteiger partial charge < -0.3 is 29.1 Å². The van der Waals surface area contributed by atoms with Crippen LogP contribution < -0.4 is 61.9 Å². The van der Waals surface area contributed by atoms with Crippen molar-refractivity contribution in [2.45, 2.75) is 367 Å². The molecular weight excluding hydrogens is 1570 g/mol. The molecule has 0 radical (unpaired) electrons. The highest BCUT2D eigenvalue weighted by Crippen LogP contribution is 2.55. The lowest BCUT2D eigenvalue weighted by atomic mass is 9.31. The Morgan fingerprint density at radius 2 is 0.431 bits per heavy atom. The van der Waals surface area contributed by atoms with Crippen LogP contribution in [-0.2, 0) is 75.8 Å². The van der Waals surface area contributed by atoms with Crippen LogP contribution in [0.1, 0.15) is 385 Å². The van der Waals surface area contributed by atoms with Gasteiger partial charge in [-0.1, -0.05) is 351 Å². The van der Waals surface area contributed by atoms with Gasteiger partial charge in [0.05, 0.1) is 27.8 Å². The van der Waals surface area contributed by atoms with Gasteiger partial charge in [0.2, 0.25) is 0 Å². The smallest absolute Gasteiger partial charge is 0.256 e. The van der Waals surface area contributed by atoms with E-state index in [9.17, 15) is 16.4 Å². The zero-order valence-electron chi connectivity index (χ0n) is 99.2. The normalized spacial score (nSPS) is 15.9. The maximum Gasteiger partial charge on any atom is 0.256 e. The summed E-state index contributed by atoms with van der Waals surface area (Å²) in [7, 11) is 0. The van der Waals surface area contributed by atoms with Crippen molar-refractivity contribution in [2.75, 3.05) is 19.6 Å². The van der Waals surface area contributed by atoms with Crippen LogP contribution >= 0.6 is 0 Å². The zero-order chi connectivity index (χ0) is 106. The summed E-state index contributed by atoms with van der Waals surface area (Å²) < 4.78 is 155. The molecule has 4 aliphatic rings. The van der Waals surface area contributed by atoms with Crippen molar-refractivity contribution in [1.82, 2.24) is 0 Å². The number of hydrogen-bond acceptors (Lipinski definition) is 6. The molecule has 11 aromatic rings. The van der Waals surface area contributed by atoms with Gasteiger partial charge in [-0.05, 0) is 296 Å². The molecule has 0 unspecified atom stereocenters. The topological polar surface area (TPSA) is 31.4 Å². The Balaban J connectivity index is 1.24. The Bertz CT molecular complexity index is 6760. The van der Waals surface area contributed by atoms with E-state index in [1.165, 1.54) is 0 Å². The molecule has 6 nitrogen and oxygen atoms in total. The lowest BCUT2D eigenvalue weighted by Gasteiger charge is -2.44. The third kappa shape index (κ3) is 18.1. The van der Waals surface area contributed by atoms with Gasteiger partial charge in [0.15, 0.2) is 0 Å². The molecule has 8 heteroatoms. The van der Waals surface area contributed by atoms with Gasteiger partial charge in [0, 0.05) is 69.0 Å². The first-order valence-corrected chi connectivity index (χ1v) is 47.6. The summed E-state index contributed by atoms with van der Waals surface area (Å²) in [5.41, 5.74) is 9.31. The first-order chi connectivity index (χ1) is 64.3. The minimum absolute atomic E-state index is 0.00965. The monoisotopic (exact) mass is 1740 g/mol. The van der Waals surface area contributed by atoms with E-state index in [-0.39, 0.29) is 174 Å². The van der Waals surface area contributed by atoms with Crippen LogP contribution in [0.3, 0.4) is 0 Å². The minimum atomic E-state index is -1.53. The van der Waals surface area contributed by atoms with Crippen LogP contribution in [0.25, 0.3) is 0 Å². The van der Waals surface area contributed by atoms with E-state index in [4.69, 9.17) is 9.47 Å². The van der Waals surface area contributed by atoms with Crippen molar-refractivity contribution < 1.29 is 25.9 Å². The Morgan fingerprint density at radius 1 is 0.200 bits per heavy atom. The third-order valence-electron chi connectivity index (χ3n) is 27.0. The fourth-order valence-corrected chi connectivity index (χ4v) is 17.9. The molecule has 0 saturated carbocycles. The summed E-state index contributed by atoms with van der Waals surface area (Å²) in [6.07, 6.45) is 0. The third-order valence-corrected chi connectivity index (χ3v) is 27.0. The molecule has 0 N–H and O–H groups in total. The summed E-state index contributed by atoms with van der Waals surface area (Å²) in [5.74, 6) is -0.521. The quantitative estimate of drug-likeness (QED) is 0.141. The number of nitrogens with zero attached hydrogens (tertiary/aromatic N) is 4. The lowest BCUT2D eigenvalue weighted by Crippen LogP contribution is -2.62. The molecule has 682 valence electrons. The Morgan fingerprint density at radius 3 is 0.700 bits per heavy atom. The molecule has 0 atom stereocenters. The number of ether oxygens (including phenoxy) is 2. The predicted octanol–water partition coefficient (Wildman–Crippen LogP) is 31.6. The van der Waals surface area contributed by atoms with E-state index in [1.807, 2.05) is 51.3 Å². The molecule has 4 heterocycles. The second kappa shape index (κ2) is 31.0. The number of rotatable bonds is 8. The van der Waals surface area contributed by atoms with Gasteiger partial charge in [-0.3, -0.25) is 0 Å². The standard InChI is InChI=1S/C122H156B2N4O2/c1-109(2,3)73-43-45-95-99(65-73)127(91-61-83(119(31,32)33)51-84(62-91)120(34,35)36)101-67-93(125(87-53-75(111(7,8)9)47-76(54-87)112(10,11)12)88-55-77(113(13,14)15)48-78(56-88)114(16,17)18)69-105-107(101)123(95)98-71-100-97(72-104(98)130-105)124-96-46-44-74(110(4,5)6)66-103(96)129-106-70-94(68-102(108(106)124)128(100)92-63-85(121(37,38)39)52-86(64-92)122(40,41)42)126(89-57-79(115(19,20)21)49-80(58-89)116(22,23)24)90-59-81(117(25,26)27)50-82(60-90)118(28,29)30/h43-72H,1-42H3/i43D,44D,45D,46D,65D,66D,67D,68D,69D,70D,71D,72D. The summed E-state index contributed by atoms with van der Waals surface area (Å²) in [6, 6.07) is 36.5. The number of anilines is 12.